The van der Waals surface area contributed by atoms with Gasteiger partial charge in [0.25, 0.3) is 0 Å². The molecule has 1 N–H and O–H groups in total. The van der Waals surface area contributed by atoms with E-state index in [4.69, 9.17) is 4.99 Å². The Morgan fingerprint density at radius 1 is 1.12 bits per heavy atom. The van der Waals surface area contributed by atoms with Gasteiger partial charge >= 0.3 is 0 Å². The highest BCUT2D eigenvalue weighted by Crippen LogP contribution is 2.22. The molecule has 1 aliphatic rings. The molecule has 0 aliphatic carbocycles. The molecule has 0 radical (unpaired) electrons. The number of nitrogens with zero attached hydrogens (tertiary/aromatic N) is 1. The quantitative estimate of drug-likeness (QED) is 0.777. The van der Waals surface area contributed by atoms with Crippen LogP contribution in [0.3, 0.4) is 0 Å². The number of aryl methyl sites for hydroxylation is 3. The number of aliphatic imine (C=N–C) groups is 1. The minimum atomic E-state index is 0.928. The first-order valence-electron chi connectivity index (χ1n) is 8.87. The third-order valence-corrected chi connectivity index (χ3v) is 5.06. The Balaban J connectivity index is 1.88. The monoisotopic (exact) mass is 338 g/mol. The second-order valence-electron chi connectivity index (χ2n) is 6.42. The van der Waals surface area contributed by atoms with Gasteiger partial charge in [-0.1, -0.05) is 31.2 Å². The Bertz CT molecular complexity index is 749. The first-order valence-corrected chi connectivity index (χ1v) is 9.31. The summed E-state index contributed by atoms with van der Waals surface area (Å²) in [5.74, 6) is 1.07. The molecule has 24 heavy (non-hydrogen) atoms. The number of benzene rings is 2. The Labute approximate surface area is 150 Å². The van der Waals surface area contributed by atoms with E-state index in [-0.39, 0.29) is 0 Å². The van der Waals surface area contributed by atoms with E-state index in [1.54, 1.807) is 0 Å². The van der Waals surface area contributed by atoms with Crippen LogP contribution in [-0.4, -0.2) is 18.9 Å². The summed E-state index contributed by atoms with van der Waals surface area (Å²) in [6, 6.07) is 13.1. The number of nitrogens with one attached hydrogen (secondary N) is 1. The van der Waals surface area contributed by atoms with Crippen LogP contribution in [0, 0.1) is 6.92 Å². The predicted molar refractivity (Wildman–Crippen MR) is 106 cm³/mol. The molecule has 1 heterocycles. The van der Waals surface area contributed by atoms with Crippen LogP contribution in [0.1, 0.15) is 41.2 Å². The highest BCUT2D eigenvalue weighted by atomic mass is 32.1. The standard InChI is InChI=1S/C21H26N2S/c1-3-16-8-10-18(24)14-17(16)9-11-19-15(2)6-4-7-20(19)21-22-12-5-13-23-21/h4,6-8,10,14,24H,3,5,9,11-13H2,1-2H3,(H,22,23). The topological polar surface area (TPSA) is 24.4 Å². The Morgan fingerprint density at radius 3 is 2.75 bits per heavy atom. The van der Waals surface area contributed by atoms with Crippen molar-refractivity contribution in [2.75, 3.05) is 13.1 Å². The molecule has 0 fully saturated rings. The summed E-state index contributed by atoms with van der Waals surface area (Å²) in [6.45, 7) is 6.38. The fraction of sp³-hybridized carbons (Fsp3) is 0.381. The fourth-order valence-electron chi connectivity index (χ4n) is 3.42. The van der Waals surface area contributed by atoms with Crippen molar-refractivity contribution in [3.8, 4) is 0 Å². The van der Waals surface area contributed by atoms with Gasteiger partial charge in [-0.15, -0.1) is 12.6 Å². The maximum absolute atomic E-state index is 4.70. The molecule has 0 amide bonds. The van der Waals surface area contributed by atoms with Gasteiger partial charge in [-0.25, -0.2) is 0 Å². The molecule has 0 saturated carbocycles. The summed E-state index contributed by atoms with van der Waals surface area (Å²) in [7, 11) is 0. The third-order valence-electron chi connectivity index (χ3n) is 4.78. The van der Waals surface area contributed by atoms with Crippen molar-refractivity contribution in [3.63, 3.8) is 0 Å². The highest BCUT2D eigenvalue weighted by Gasteiger charge is 2.14. The van der Waals surface area contributed by atoms with E-state index in [2.05, 4.69) is 68.2 Å². The number of rotatable bonds is 5. The van der Waals surface area contributed by atoms with Gasteiger partial charge in [0.1, 0.15) is 5.84 Å². The first-order chi connectivity index (χ1) is 11.7. The molecule has 0 bridgehead atoms. The van der Waals surface area contributed by atoms with Gasteiger partial charge in [0.2, 0.25) is 0 Å². The Kier molecular flexibility index (Phi) is 5.62. The summed E-state index contributed by atoms with van der Waals surface area (Å²) >= 11 is 4.51. The molecule has 3 heteroatoms. The van der Waals surface area contributed by atoms with Crippen LogP contribution in [0.2, 0.25) is 0 Å². The second-order valence-corrected chi connectivity index (χ2v) is 6.93. The summed E-state index contributed by atoms with van der Waals surface area (Å²) in [6.07, 6.45) is 4.27. The molecule has 2 aromatic rings. The molecule has 2 nitrogen and oxygen atoms in total. The largest absolute Gasteiger partial charge is 0.370 e. The van der Waals surface area contributed by atoms with E-state index in [0.717, 1.165) is 49.5 Å². The van der Waals surface area contributed by atoms with E-state index in [1.165, 1.54) is 27.8 Å². The average molecular weight is 339 g/mol. The van der Waals surface area contributed by atoms with E-state index >= 15 is 0 Å². The van der Waals surface area contributed by atoms with Crippen LogP contribution in [0.5, 0.6) is 0 Å². The summed E-state index contributed by atoms with van der Waals surface area (Å²) in [5, 5.41) is 3.47. The lowest BCUT2D eigenvalue weighted by Crippen LogP contribution is -2.31. The fourth-order valence-corrected chi connectivity index (χ4v) is 3.65. The summed E-state index contributed by atoms with van der Waals surface area (Å²) in [4.78, 5) is 5.74. The van der Waals surface area contributed by atoms with Gasteiger partial charge in [0.05, 0.1) is 0 Å². The van der Waals surface area contributed by atoms with Crippen LogP contribution in [0.25, 0.3) is 0 Å². The van der Waals surface area contributed by atoms with Gasteiger partial charge in [0, 0.05) is 23.5 Å². The Morgan fingerprint density at radius 2 is 2.00 bits per heavy atom. The summed E-state index contributed by atoms with van der Waals surface area (Å²) in [5.41, 5.74) is 6.88. The minimum absolute atomic E-state index is 0.928. The molecule has 2 aromatic carbocycles. The van der Waals surface area contributed by atoms with E-state index in [0.29, 0.717) is 0 Å². The lowest BCUT2D eigenvalue weighted by molar-refractivity contribution is 0.741. The van der Waals surface area contributed by atoms with Crippen molar-refractivity contribution in [3.05, 3.63) is 64.2 Å². The van der Waals surface area contributed by atoms with Crippen molar-refractivity contribution < 1.29 is 0 Å². The van der Waals surface area contributed by atoms with Gasteiger partial charge in [-0.05, 0) is 67.0 Å². The van der Waals surface area contributed by atoms with Crippen LogP contribution >= 0.6 is 12.6 Å². The molecule has 0 saturated heterocycles. The smallest absolute Gasteiger partial charge is 0.128 e. The van der Waals surface area contributed by atoms with Crippen LogP contribution < -0.4 is 5.32 Å². The molecule has 0 unspecified atom stereocenters. The highest BCUT2D eigenvalue weighted by molar-refractivity contribution is 7.80. The van der Waals surface area contributed by atoms with Crippen molar-refractivity contribution in [2.24, 2.45) is 4.99 Å². The number of hydrogen-bond donors (Lipinski definition) is 2. The molecule has 3 rings (SSSR count). The molecular formula is C21H26N2S. The normalized spacial score (nSPS) is 14.2. The van der Waals surface area contributed by atoms with Crippen molar-refractivity contribution in [2.45, 2.75) is 44.4 Å². The van der Waals surface area contributed by atoms with Crippen molar-refractivity contribution in [1.82, 2.24) is 5.32 Å². The van der Waals surface area contributed by atoms with Crippen molar-refractivity contribution in [1.29, 1.82) is 0 Å². The summed E-state index contributed by atoms with van der Waals surface area (Å²) < 4.78 is 0. The zero-order chi connectivity index (χ0) is 16.9. The minimum Gasteiger partial charge on any atom is -0.370 e. The van der Waals surface area contributed by atoms with E-state index in [9.17, 15) is 0 Å². The predicted octanol–water partition coefficient (Wildman–Crippen LogP) is 4.37. The molecule has 126 valence electrons. The van der Waals surface area contributed by atoms with E-state index < -0.39 is 0 Å². The Hall–Kier alpha value is -1.74. The van der Waals surface area contributed by atoms with Crippen LogP contribution in [0.15, 0.2) is 46.3 Å². The second kappa shape index (κ2) is 7.89. The number of amidine groups is 1. The molecule has 0 atom stereocenters. The lowest BCUT2D eigenvalue weighted by Gasteiger charge is -2.19. The number of hydrogen-bond acceptors (Lipinski definition) is 3. The SMILES string of the molecule is CCc1ccc(S)cc1CCc1c(C)cccc1C1=NCCCN1. The number of thiol groups is 1. The lowest BCUT2D eigenvalue weighted by atomic mass is 9.93. The molecular weight excluding hydrogens is 312 g/mol. The average Bonchev–Trinajstić information content (AvgIpc) is 2.61. The first kappa shape index (κ1) is 17.1. The molecule has 1 aliphatic heterocycles. The zero-order valence-electron chi connectivity index (χ0n) is 14.6. The molecule has 0 spiro atoms. The van der Waals surface area contributed by atoms with Gasteiger partial charge in [-0.2, -0.15) is 0 Å². The maximum atomic E-state index is 4.70. The third kappa shape index (κ3) is 3.84. The van der Waals surface area contributed by atoms with Crippen LogP contribution in [-0.2, 0) is 19.3 Å². The van der Waals surface area contributed by atoms with Gasteiger partial charge < -0.3 is 5.32 Å². The van der Waals surface area contributed by atoms with E-state index in [1.807, 2.05) is 0 Å². The maximum Gasteiger partial charge on any atom is 0.128 e. The van der Waals surface area contributed by atoms with Gasteiger partial charge in [-0.3, -0.25) is 4.99 Å². The van der Waals surface area contributed by atoms with Gasteiger partial charge in [0.15, 0.2) is 0 Å². The van der Waals surface area contributed by atoms with Crippen molar-refractivity contribution >= 4 is 18.5 Å². The van der Waals surface area contributed by atoms with Crippen LogP contribution in [0.4, 0.5) is 0 Å². The zero-order valence-corrected chi connectivity index (χ0v) is 15.5. The molecule has 0 aromatic heterocycles.